The van der Waals surface area contributed by atoms with Gasteiger partial charge in [0.25, 0.3) is 0 Å². The third-order valence-corrected chi connectivity index (χ3v) is 10.3. The molecule has 0 spiro atoms. The number of fused-ring (bicyclic) bond motifs is 1. The van der Waals surface area contributed by atoms with Crippen LogP contribution in [0, 0.1) is 12.9 Å². The summed E-state index contributed by atoms with van der Waals surface area (Å²) in [7, 11) is 0. The maximum atomic E-state index is 11.3. The molecule has 0 amide bonds. The fourth-order valence-electron chi connectivity index (χ4n) is 7.16. The van der Waals surface area contributed by atoms with E-state index in [1.165, 1.54) is 5.56 Å². The number of nitrogens with zero attached hydrogens (tertiary/aromatic N) is 3. The minimum atomic E-state index is -2.16. The minimum absolute atomic E-state index is 0. The Kier molecular flexibility index (Phi) is 9.45. The topological polar surface area (TPSA) is 50.9 Å². The van der Waals surface area contributed by atoms with Gasteiger partial charge in [-0.25, -0.2) is 4.98 Å². The van der Waals surface area contributed by atoms with Crippen LogP contribution >= 0.6 is 0 Å². The van der Waals surface area contributed by atoms with E-state index < -0.39 is 6.85 Å². The zero-order valence-corrected chi connectivity index (χ0v) is 34.7. The number of imidazole rings is 1. The van der Waals surface area contributed by atoms with Crippen molar-refractivity contribution in [2.45, 2.75) is 59.2 Å². The van der Waals surface area contributed by atoms with Crippen LogP contribution in [0.4, 0.5) is 0 Å². The molecule has 0 aliphatic carbocycles. The number of benzene rings is 6. The standard InChI is InChI=1S/C51H46N3O.Pt/c1-33-20-22-34(23-21-33)36-26-27-52-44(31-36)38-28-37(29-40(30-38)51(5,6)7)41-17-13-18-46-48(41)53-49(42-16-11-12-19-47(42)55)54(46)45-25-24-39(50(2,3)4)32-43(45)35-14-9-8-10-15-35;/h8-27,29-32,55H,1-7H3;/q-1;/i1D3;. The van der Waals surface area contributed by atoms with Gasteiger partial charge in [0.2, 0.25) is 0 Å². The molecule has 0 radical (unpaired) electrons. The molecule has 2 aromatic heterocycles. The Balaban J connectivity index is 0.00000528. The molecule has 8 aromatic rings. The summed E-state index contributed by atoms with van der Waals surface area (Å²) in [6, 6.07) is 49.8. The van der Waals surface area contributed by atoms with E-state index in [1.54, 1.807) is 24.4 Å². The Bertz CT molecular complexity index is 2800. The average molecular weight is 915 g/mol. The maximum Gasteiger partial charge on any atom is 0.148 e. The molecule has 0 saturated carbocycles. The molecule has 0 unspecified atom stereocenters. The van der Waals surface area contributed by atoms with Gasteiger partial charge in [0.1, 0.15) is 11.6 Å². The van der Waals surface area contributed by atoms with Gasteiger partial charge in [-0.2, -0.15) is 0 Å². The van der Waals surface area contributed by atoms with E-state index in [-0.39, 0.29) is 37.6 Å². The van der Waals surface area contributed by atoms with Crippen molar-refractivity contribution in [1.82, 2.24) is 14.5 Å². The van der Waals surface area contributed by atoms with Crippen LogP contribution < -0.4 is 0 Å². The molecule has 1 N–H and O–H groups in total. The van der Waals surface area contributed by atoms with Crippen LogP contribution in [0.2, 0.25) is 0 Å². The Morgan fingerprint density at radius 1 is 0.607 bits per heavy atom. The van der Waals surface area contributed by atoms with E-state index in [1.807, 2.05) is 48.5 Å². The molecule has 2 heterocycles. The third kappa shape index (κ3) is 7.51. The second-order valence-corrected chi connectivity index (χ2v) is 16.3. The molecule has 0 fully saturated rings. The number of pyridine rings is 1. The first kappa shape index (κ1) is 34.9. The van der Waals surface area contributed by atoms with Gasteiger partial charge in [0.05, 0.1) is 22.3 Å². The number of para-hydroxylation sites is 2. The second kappa shape index (κ2) is 15.2. The summed E-state index contributed by atoms with van der Waals surface area (Å²) in [5.74, 6) is 0.781. The summed E-state index contributed by atoms with van der Waals surface area (Å²) < 4.78 is 25.6. The minimum Gasteiger partial charge on any atom is -0.507 e. The summed E-state index contributed by atoms with van der Waals surface area (Å²) in [4.78, 5) is 10.2. The van der Waals surface area contributed by atoms with Gasteiger partial charge in [-0.1, -0.05) is 149 Å². The van der Waals surface area contributed by atoms with Crippen molar-refractivity contribution >= 4 is 11.0 Å². The summed E-state index contributed by atoms with van der Waals surface area (Å²) >= 11 is 0. The van der Waals surface area contributed by atoms with Gasteiger partial charge < -0.3 is 5.11 Å². The first-order chi connectivity index (χ1) is 27.6. The van der Waals surface area contributed by atoms with E-state index >= 15 is 0 Å². The van der Waals surface area contributed by atoms with Crippen LogP contribution in [0.5, 0.6) is 5.75 Å². The predicted molar refractivity (Wildman–Crippen MR) is 229 cm³/mol. The van der Waals surface area contributed by atoms with Crippen molar-refractivity contribution in [3.63, 3.8) is 0 Å². The van der Waals surface area contributed by atoms with E-state index in [4.69, 9.17) is 14.1 Å². The monoisotopic (exact) mass is 914 g/mol. The first-order valence-electron chi connectivity index (χ1n) is 20.2. The normalized spacial score (nSPS) is 12.8. The summed E-state index contributed by atoms with van der Waals surface area (Å²) in [6.07, 6.45) is 1.79. The first-order valence-corrected chi connectivity index (χ1v) is 18.7. The molecule has 5 heteroatoms. The fraction of sp³-hybridized carbons (Fsp3) is 0.176. The summed E-state index contributed by atoms with van der Waals surface area (Å²) in [5.41, 5.74) is 13.0. The van der Waals surface area contributed by atoms with Crippen molar-refractivity contribution in [3.05, 3.63) is 168 Å². The molecule has 8 rings (SSSR count). The van der Waals surface area contributed by atoms with Gasteiger partial charge in [-0.05, 0) is 76.3 Å². The van der Waals surface area contributed by atoms with Crippen molar-refractivity contribution in [2.75, 3.05) is 0 Å². The smallest absolute Gasteiger partial charge is 0.148 e. The van der Waals surface area contributed by atoms with Gasteiger partial charge in [0.15, 0.2) is 0 Å². The predicted octanol–water partition coefficient (Wildman–Crippen LogP) is 13.2. The van der Waals surface area contributed by atoms with E-state index in [9.17, 15) is 5.11 Å². The number of rotatable bonds is 6. The van der Waals surface area contributed by atoms with E-state index in [2.05, 4.69) is 125 Å². The number of hydrogen-bond acceptors (Lipinski definition) is 3. The number of phenols is 1. The van der Waals surface area contributed by atoms with Crippen molar-refractivity contribution in [3.8, 4) is 67.5 Å². The molecular weight excluding hydrogens is 866 g/mol. The molecule has 0 bridgehead atoms. The van der Waals surface area contributed by atoms with Gasteiger partial charge in [-0.15, -0.1) is 29.3 Å². The average Bonchev–Trinajstić information content (AvgIpc) is 3.59. The second-order valence-electron chi connectivity index (χ2n) is 16.3. The molecule has 0 atom stereocenters. The van der Waals surface area contributed by atoms with Crippen LogP contribution in [0.3, 0.4) is 0 Å². The SMILES string of the molecule is [2H]C([2H])([2H])c1ccc(-c2ccnc(-c3[c-]c(-c4cccc5c4nc(-c4ccccc4O)n5-c4ccc(C(C)(C)C)cc4-c4ccccc4)cc(C(C)(C)C)c3)c2)cc1.[Pt]. The molecule has 4 nitrogen and oxygen atoms in total. The molecule has 56 heavy (non-hydrogen) atoms. The van der Waals surface area contributed by atoms with Crippen molar-refractivity contribution in [1.29, 1.82) is 0 Å². The van der Waals surface area contributed by atoms with Gasteiger partial charge in [-0.3, -0.25) is 9.55 Å². The molecule has 0 aliphatic rings. The Morgan fingerprint density at radius 3 is 2.02 bits per heavy atom. The largest absolute Gasteiger partial charge is 0.507 e. The van der Waals surface area contributed by atoms with Crippen LogP contribution in [-0.2, 0) is 31.9 Å². The zero-order chi connectivity index (χ0) is 41.0. The van der Waals surface area contributed by atoms with Crippen LogP contribution in [-0.4, -0.2) is 19.6 Å². The van der Waals surface area contributed by atoms with E-state index in [0.717, 1.165) is 66.9 Å². The van der Waals surface area contributed by atoms with Crippen LogP contribution in [0.25, 0.3) is 72.7 Å². The Labute approximate surface area is 349 Å². The third-order valence-electron chi connectivity index (χ3n) is 10.3. The van der Waals surface area contributed by atoms with E-state index in [0.29, 0.717) is 17.0 Å². The number of aryl methyl sites for hydroxylation is 1. The number of aromatic hydroxyl groups is 1. The number of phenolic OH excluding ortho intramolecular Hbond substituents is 1. The van der Waals surface area contributed by atoms with Crippen molar-refractivity contribution in [2.24, 2.45) is 0 Å². The fourth-order valence-corrected chi connectivity index (χ4v) is 7.16. The van der Waals surface area contributed by atoms with Gasteiger partial charge >= 0.3 is 0 Å². The molecule has 282 valence electrons. The number of aromatic nitrogens is 3. The summed E-state index contributed by atoms with van der Waals surface area (Å²) in [5, 5.41) is 11.3. The molecular formula is C51H46N3OPt-. The van der Waals surface area contributed by atoms with Gasteiger partial charge in [0, 0.05) is 42.6 Å². The number of hydrogen-bond donors (Lipinski definition) is 1. The zero-order valence-electron chi connectivity index (χ0n) is 35.5. The Hall–Kier alpha value is -5.57. The quantitative estimate of drug-likeness (QED) is 0.169. The van der Waals surface area contributed by atoms with Crippen LogP contribution in [0.15, 0.2) is 146 Å². The Morgan fingerprint density at radius 2 is 1.30 bits per heavy atom. The maximum absolute atomic E-state index is 11.3. The van der Waals surface area contributed by atoms with Crippen LogP contribution in [0.1, 0.15) is 62.3 Å². The van der Waals surface area contributed by atoms with Crippen molar-refractivity contribution < 1.29 is 30.3 Å². The molecule has 0 saturated heterocycles. The molecule has 0 aliphatic heterocycles. The summed E-state index contributed by atoms with van der Waals surface area (Å²) in [6.45, 7) is 11.1. The molecule has 6 aromatic carbocycles.